The van der Waals surface area contributed by atoms with Crippen molar-refractivity contribution in [1.82, 2.24) is 15.4 Å². The quantitative estimate of drug-likeness (QED) is 0.669. The minimum absolute atomic E-state index is 0.171. The molecule has 2 rings (SSSR count). The van der Waals surface area contributed by atoms with Gasteiger partial charge in [-0.1, -0.05) is 22.0 Å². The molecule has 1 aromatic carbocycles. The summed E-state index contributed by atoms with van der Waals surface area (Å²) in [5.41, 5.74) is 5.27. The maximum atomic E-state index is 13.0. The molecular weight excluding hydrogens is 311 g/mol. The van der Waals surface area contributed by atoms with Crippen LogP contribution in [0.15, 0.2) is 35.1 Å². The number of halogens is 2. The van der Waals surface area contributed by atoms with Crippen LogP contribution in [0, 0.1) is 12.7 Å². The van der Waals surface area contributed by atoms with Gasteiger partial charge in [0.15, 0.2) is 0 Å². The van der Waals surface area contributed by atoms with Crippen molar-refractivity contribution in [3.05, 3.63) is 57.8 Å². The molecule has 6 heteroatoms. The van der Waals surface area contributed by atoms with Crippen LogP contribution in [0.25, 0.3) is 0 Å². The van der Waals surface area contributed by atoms with Gasteiger partial charge in [-0.15, -0.1) is 0 Å². The van der Waals surface area contributed by atoms with Crippen LogP contribution < -0.4 is 11.3 Å². The van der Waals surface area contributed by atoms with E-state index in [9.17, 15) is 4.39 Å². The zero-order valence-corrected chi connectivity index (χ0v) is 12.0. The molecule has 0 aliphatic rings. The Hall–Kier alpha value is -1.37. The Morgan fingerprint density at radius 3 is 2.74 bits per heavy atom. The van der Waals surface area contributed by atoms with Crippen LogP contribution in [0.3, 0.4) is 0 Å². The maximum Gasteiger partial charge on any atom is 0.124 e. The van der Waals surface area contributed by atoms with Gasteiger partial charge in [0, 0.05) is 10.7 Å². The molecule has 0 aliphatic heterocycles. The molecule has 0 radical (unpaired) electrons. The van der Waals surface area contributed by atoms with Crippen LogP contribution in [0.4, 0.5) is 4.39 Å². The van der Waals surface area contributed by atoms with E-state index < -0.39 is 0 Å². The lowest BCUT2D eigenvalue weighted by Gasteiger charge is -2.16. The molecule has 2 aromatic rings. The topological polar surface area (TPSA) is 63.8 Å². The van der Waals surface area contributed by atoms with E-state index >= 15 is 0 Å². The average molecular weight is 325 g/mol. The summed E-state index contributed by atoms with van der Waals surface area (Å²) in [5, 5.41) is 0. The summed E-state index contributed by atoms with van der Waals surface area (Å²) in [6, 6.07) is 4.42. The zero-order chi connectivity index (χ0) is 13.8. The van der Waals surface area contributed by atoms with Crippen LogP contribution in [0.5, 0.6) is 0 Å². The van der Waals surface area contributed by atoms with Gasteiger partial charge in [0.25, 0.3) is 0 Å². The average Bonchev–Trinajstić information content (AvgIpc) is 2.39. The van der Waals surface area contributed by atoms with Crippen LogP contribution in [-0.2, 0) is 6.42 Å². The summed E-state index contributed by atoms with van der Waals surface area (Å²) in [5.74, 6) is 5.29. The van der Waals surface area contributed by atoms with E-state index in [1.165, 1.54) is 12.1 Å². The molecule has 1 unspecified atom stereocenters. The molecular formula is C13H14BrFN4. The molecule has 4 nitrogen and oxygen atoms in total. The summed E-state index contributed by atoms with van der Waals surface area (Å²) in [4.78, 5) is 8.49. The fourth-order valence-electron chi connectivity index (χ4n) is 1.74. The fraction of sp³-hybridized carbons (Fsp3) is 0.231. The molecule has 0 amide bonds. The Balaban J connectivity index is 2.21. The number of nitrogens with zero attached hydrogens (tertiary/aromatic N) is 2. The summed E-state index contributed by atoms with van der Waals surface area (Å²) >= 11 is 3.34. The second-order valence-corrected chi connectivity index (χ2v) is 5.10. The Labute approximate surface area is 119 Å². The summed E-state index contributed by atoms with van der Waals surface area (Å²) in [6.07, 6.45) is 3.98. The lowest BCUT2D eigenvalue weighted by molar-refractivity contribution is 0.534. The number of rotatable bonds is 4. The monoisotopic (exact) mass is 324 g/mol. The van der Waals surface area contributed by atoms with Crippen molar-refractivity contribution in [1.29, 1.82) is 0 Å². The van der Waals surface area contributed by atoms with Crippen molar-refractivity contribution in [2.45, 2.75) is 19.4 Å². The molecule has 1 aromatic heterocycles. The van der Waals surface area contributed by atoms with Crippen molar-refractivity contribution in [2.24, 2.45) is 5.84 Å². The summed E-state index contributed by atoms with van der Waals surface area (Å²) in [6.45, 7) is 1.87. The van der Waals surface area contributed by atoms with E-state index in [0.29, 0.717) is 10.9 Å². The Bertz CT molecular complexity index is 559. The van der Waals surface area contributed by atoms with E-state index in [4.69, 9.17) is 5.84 Å². The SMILES string of the molecule is Cc1cnc(C(Cc2ccc(F)cc2Br)NN)cn1. The normalized spacial score (nSPS) is 12.4. The van der Waals surface area contributed by atoms with E-state index in [-0.39, 0.29) is 11.9 Å². The van der Waals surface area contributed by atoms with E-state index in [0.717, 1.165) is 17.0 Å². The first-order valence-electron chi connectivity index (χ1n) is 5.78. The molecule has 0 aliphatic carbocycles. The van der Waals surface area contributed by atoms with E-state index in [2.05, 4.69) is 31.3 Å². The van der Waals surface area contributed by atoms with Gasteiger partial charge in [0.2, 0.25) is 0 Å². The number of hydrogen-bond donors (Lipinski definition) is 2. The van der Waals surface area contributed by atoms with Gasteiger partial charge in [-0.25, -0.2) is 4.39 Å². The maximum absolute atomic E-state index is 13.0. The largest absolute Gasteiger partial charge is 0.271 e. The lowest BCUT2D eigenvalue weighted by atomic mass is 10.0. The second kappa shape index (κ2) is 6.18. The highest BCUT2D eigenvalue weighted by molar-refractivity contribution is 9.10. The van der Waals surface area contributed by atoms with Gasteiger partial charge in [0.05, 0.1) is 23.6 Å². The lowest BCUT2D eigenvalue weighted by Crippen LogP contribution is -2.30. The third-order valence-electron chi connectivity index (χ3n) is 2.80. The van der Waals surface area contributed by atoms with Crippen LogP contribution in [0.1, 0.15) is 23.0 Å². The third kappa shape index (κ3) is 3.56. The van der Waals surface area contributed by atoms with Gasteiger partial charge in [-0.2, -0.15) is 0 Å². The standard InChI is InChI=1S/C13H14BrFN4/c1-8-6-18-13(7-17-8)12(19-16)4-9-2-3-10(15)5-11(9)14/h2-3,5-7,12,19H,4,16H2,1H3. The van der Waals surface area contributed by atoms with Crippen LogP contribution >= 0.6 is 15.9 Å². The molecule has 0 spiro atoms. The third-order valence-corrected chi connectivity index (χ3v) is 3.54. The highest BCUT2D eigenvalue weighted by Crippen LogP contribution is 2.23. The number of nitrogens with two attached hydrogens (primary N) is 1. The molecule has 1 heterocycles. The molecule has 0 fully saturated rings. The predicted molar refractivity (Wildman–Crippen MR) is 74.6 cm³/mol. The van der Waals surface area contributed by atoms with Gasteiger partial charge in [0.1, 0.15) is 5.82 Å². The van der Waals surface area contributed by atoms with Gasteiger partial charge >= 0.3 is 0 Å². The predicted octanol–water partition coefficient (Wildman–Crippen LogP) is 2.43. The van der Waals surface area contributed by atoms with Crippen molar-refractivity contribution in [3.63, 3.8) is 0 Å². The number of benzene rings is 1. The molecule has 1 atom stereocenters. The highest BCUT2D eigenvalue weighted by Gasteiger charge is 2.14. The Morgan fingerprint density at radius 2 is 2.16 bits per heavy atom. The van der Waals surface area contributed by atoms with Gasteiger partial charge in [-0.3, -0.25) is 21.2 Å². The highest BCUT2D eigenvalue weighted by atomic mass is 79.9. The smallest absolute Gasteiger partial charge is 0.124 e. The molecule has 100 valence electrons. The molecule has 19 heavy (non-hydrogen) atoms. The minimum atomic E-state index is -0.275. The first-order valence-corrected chi connectivity index (χ1v) is 6.58. The Morgan fingerprint density at radius 1 is 1.37 bits per heavy atom. The number of hydrazine groups is 1. The molecule has 0 saturated carbocycles. The fourth-order valence-corrected chi connectivity index (χ4v) is 2.25. The first kappa shape index (κ1) is 14.0. The van der Waals surface area contributed by atoms with E-state index in [1.54, 1.807) is 18.5 Å². The second-order valence-electron chi connectivity index (χ2n) is 4.24. The molecule has 3 N–H and O–H groups in total. The van der Waals surface area contributed by atoms with E-state index in [1.807, 2.05) is 6.92 Å². The van der Waals surface area contributed by atoms with Crippen LogP contribution in [0.2, 0.25) is 0 Å². The van der Waals surface area contributed by atoms with Crippen molar-refractivity contribution >= 4 is 15.9 Å². The van der Waals surface area contributed by atoms with Crippen LogP contribution in [-0.4, -0.2) is 9.97 Å². The van der Waals surface area contributed by atoms with Crippen molar-refractivity contribution in [3.8, 4) is 0 Å². The summed E-state index contributed by atoms with van der Waals surface area (Å²) in [7, 11) is 0. The first-order chi connectivity index (χ1) is 9.10. The van der Waals surface area contributed by atoms with Gasteiger partial charge < -0.3 is 0 Å². The Kier molecular flexibility index (Phi) is 4.57. The van der Waals surface area contributed by atoms with Crippen molar-refractivity contribution < 1.29 is 4.39 Å². The number of hydrogen-bond acceptors (Lipinski definition) is 4. The number of nitrogens with one attached hydrogen (secondary N) is 1. The zero-order valence-electron chi connectivity index (χ0n) is 10.4. The minimum Gasteiger partial charge on any atom is -0.271 e. The molecule has 0 bridgehead atoms. The number of aromatic nitrogens is 2. The summed E-state index contributed by atoms with van der Waals surface area (Å²) < 4.78 is 13.8. The number of aryl methyl sites for hydroxylation is 1. The van der Waals surface area contributed by atoms with Crippen molar-refractivity contribution in [2.75, 3.05) is 0 Å². The molecule has 0 saturated heterocycles. The van der Waals surface area contributed by atoms with Gasteiger partial charge in [-0.05, 0) is 31.0 Å².